The van der Waals surface area contributed by atoms with Crippen molar-refractivity contribution in [3.63, 3.8) is 0 Å². The van der Waals surface area contributed by atoms with Gasteiger partial charge < -0.3 is 9.47 Å². The van der Waals surface area contributed by atoms with Crippen LogP contribution < -0.4 is 9.47 Å². The van der Waals surface area contributed by atoms with Crippen LogP contribution in [0.15, 0.2) is 85.0 Å². The molecule has 2 nitrogen and oxygen atoms in total. The highest BCUT2D eigenvalue weighted by molar-refractivity contribution is 6.11. The third-order valence-corrected chi connectivity index (χ3v) is 6.06. The largest absolute Gasteiger partial charge is 0.489 e. The Bertz CT molecular complexity index is 1240. The van der Waals surface area contributed by atoms with Gasteiger partial charge in [0.1, 0.15) is 24.7 Å². The molecule has 0 amide bonds. The van der Waals surface area contributed by atoms with E-state index in [-0.39, 0.29) is 0 Å². The Hall–Kier alpha value is -3.52. The van der Waals surface area contributed by atoms with Crippen molar-refractivity contribution in [2.24, 2.45) is 0 Å². The Balaban J connectivity index is 1.79. The summed E-state index contributed by atoms with van der Waals surface area (Å²) in [5, 5.41) is 4.88. The fourth-order valence-corrected chi connectivity index (χ4v) is 4.72. The number of benzene rings is 4. The SMILES string of the molecule is C1=CCc2cc3ccccc3c(-c3c4c(cc5ccccc35)CC=CCO4)c2OC1. The third-order valence-electron chi connectivity index (χ3n) is 6.06. The number of hydrogen-bond donors (Lipinski definition) is 0. The fraction of sp³-hybridized carbons (Fsp3) is 0.143. The molecule has 0 N–H and O–H groups in total. The topological polar surface area (TPSA) is 18.5 Å². The molecule has 4 aromatic carbocycles. The van der Waals surface area contributed by atoms with E-state index >= 15 is 0 Å². The van der Waals surface area contributed by atoms with Gasteiger partial charge in [-0.1, -0.05) is 72.8 Å². The number of hydrogen-bond acceptors (Lipinski definition) is 2. The number of allylic oxidation sites excluding steroid dienone is 2. The summed E-state index contributed by atoms with van der Waals surface area (Å²) >= 11 is 0. The molecule has 4 aromatic rings. The minimum atomic E-state index is 0.591. The van der Waals surface area contributed by atoms with E-state index in [1.54, 1.807) is 0 Å². The van der Waals surface area contributed by atoms with Crippen molar-refractivity contribution in [2.75, 3.05) is 13.2 Å². The van der Waals surface area contributed by atoms with Gasteiger partial charge >= 0.3 is 0 Å². The highest BCUT2D eigenvalue weighted by Crippen LogP contribution is 2.49. The maximum absolute atomic E-state index is 6.36. The molecule has 0 unspecified atom stereocenters. The zero-order valence-corrected chi connectivity index (χ0v) is 16.7. The van der Waals surface area contributed by atoms with Crippen molar-refractivity contribution in [3.05, 3.63) is 96.1 Å². The van der Waals surface area contributed by atoms with Crippen LogP contribution in [0.5, 0.6) is 11.5 Å². The Labute approximate surface area is 176 Å². The Morgan fingerprint density at radius 2 is 1.00 bits per heavy atom. The first-order valence-electron chi connectivity index (χ1n) is 10.6. The van der Waals surface area contributed by atoms with Gasteiger partial charge in [0, 0.05) is 11.1 Å². The number of rotatable bonds is 1. The monoisotopic (exact) mass is 390 g/mol. The lowest BCUT2D eigenvalue weighted by Gasteiger charge is -2.22. The second kappa shape index (κ2) is 7.07. The van der Waals surface area contributed by atoms with E-state index in [4.69, 9.17) is 9.47 Å². The minimum absolute atomic E-state index is 0.591. The van der Waals surface area contributed by atoms with Crippen molar-refractivity contribution in [1.29, 1.82) is 0 Å². The van der Waals surface area contributed by atoms with Crippen LogP contribution in [0.4, 0.5) is 0 Å². The summed E-state index contributed by atoms with van der Waals surface area (Å²) < 4.78 is 12.7. The predicted octanol–water partition coefficient (Wildman–Crippen LogP) is 6.64. The molecule has 0 fully saturated rings. The predicted molar refractivity (Wildman–Crippen MR) is 124 cm³/mol. The molecule has 0 spiro atoms. The summed E-state index contributed by atoms with van der Waals surface area (Å²) in [6, 6.07) is 21.8. The van der Waals surface area contributed by atoms with Crippen LogP contribution in [-0.4, -0.2) is 13.2 Å². The number of ether oxygens (including phenoxy) is 2. The zero-order chi connectivity index (χ0) is 19.9. The van der Waals surface area contributed by atoms with Crippen molar-refractivity contribution in [3.8, 4) is 22.6 Å². The first-order valence-corrected chi connectivity index (χ1v) is 10.6. The Kier molecular flexibility index (Phi) is 4.09. The molecule has 0 aromatic heterocycles. The molecule has 0 aliphatic carbocycles. The molecule has 30 heavy (non-hydrogen) atoms. The highest BCUT2D eigenvalue weighted by Gasteiger charge is 2.24. The van der Waals surface area contributed by atoms with E-state index in [2.05, 4.69) is 85.0 Å². The van der Waals surface area contributed by atoms with E-state index in [9.17, 15) is 0 Å². The molecule has 2 heteroatoms. The van der Waals surface area contributed by atoms with E-state index in [0.29, 0.717) is 13.2 Å². The lowest BCUT2D eigenvalue weighted by atomic mass is 9.88. The molecular formula is C28H22O2. The summed E-state index contributed by atoms with van der Waals surface area (Å²) in [6.07, 6.45) is 10.4. The normalized spacial score (nSPS) is 15.1. The quantitative estimate of drug-likeness (QED) is 0.339. The third kappa shape index (κ3) is 2.72. The fourth-order valence-electron chi connectivity index (χ4n) is 4.72. The lowest BCUT2D eigenvalue weighted by Crippen LogP contribution is -2.02. The highest BCUT2D eigenvalue weighted by atomic mass is 16.5. The van der Waals surface area contributed by atoms with Crippen molar-refractivity contribution in [2.45, 2.75) is 12.8 Å². The van der Waals surface area contributed by atoms with Crippen LogP contribution in [-0.2, 0) is 12.8 Å². The molecule has 0 saturated carbocycles. The van der Waals surface area contributed by atoms with Gasteiger partial charge in [-0.25, -0.2) is 0 Å². The van der Waals surface area contributed by atoms with Crippen molar-refractivity contribution in [1.82, 2.24) is 0 Å². The zero-order valence-electron chi connectivity index (χ0n) is 16.7. The smallest absolute Gasteiger partial charge is 0.131 e. The minimum Gasteiger partial charge on any atom is -0.489 e. The van der Waals surface area contributed by atoms with Gasteiger partial charge in [-0.2, -0.15) is 0 Å². The summed E-state index contributed by atoms with van der Waals surface area (Å²) in [4.78, 5) is 0. The number of fused-ring (bicyclic) bond motifs is 4. The maximum atomic E-state index is 6.36. The van der Waals surface area contributed by atoms with Crippen LogP contribution in [0.3, 0.4) is 0 Å². The van der Waals surface area contributed by atoms with Crippen LogP contribution in [0.25, 0.3) is 32.7 Å². The van der Waals surface area contributed by atoms with E-state index in [1.807, 2.05) is 0 Å². The second-order valence-corrected chi connectivity index (χ2v) is 7.89. The van der Waals surface area contributed by atoms with Gasteiger partial charge in [-0.05, 0) is 57.6 Å². The summed E-state index contributed by atoms with van der Waals surface area (Å²) in [7, 11) is 0. The first-order chi connectivity index (χ1) is 14.9. The van der Waals surface area contributed by atoms with E-state index < -0.39 is 0 Å². The molecule has 146 valence electrons. The van der Waals surface area contributed by atoms with Crippen molar-refractivity contribution < 1.29 is 9.47 Å². The second-order valence-electron chi connectivity index (χ2n) is 7.89. The molecule has 6 rings (SSSR count). The maximum Gasteiger partial charge on any atom is 0.131 e. The van der Waals surface area contributed by atoms with Crippen LogP contribution in [0.1, 0.15) is 11.1 Å². The Morgan fingerprint density at radius 3 is 1.50 bits per heavy atom. The summed E-state index contributed by atoms with van der Waals surface area (Å²) in [6.45, 7) is 1.18. The first kappa shape index (κ1) is 17.3. The average molecular weight is 390 g/mol. The van der Waals surface area contributed by atoms with E-state index in [0.717, 1.165) is 35.5 Å². The molecule has 0 radical (unpaired) electrons. The Morgan fingerprint density at radius 1 is 0.533 bits per heavy atom. The van der Waals surface area contributed by atoms with Crippen LogP contribution >= 0.6 is 0 Å². The van der Waals surface area contributed by atoms with Gasteiger partial charge in [0.2, 0.25) is 0 Å². The van der Waals surface area contributed by atoms with Crippen LogP contribution in [0.2, 0.25) is 0 Å². The molecule has 0 atom stereocenters. The average Bonchev–Trinajstić information content (AvgIpc) is 3.16. The standard InChI is InChI=1S/C28H22O2/c1-3-13-23-19(9-1)17-21-11-5-7-15-29-27(21)25(23)26-24-14-4-2-10-20(24)18-22-12-6-8-16-30-28(22)26/h1-10,13-14,17-18H,11-12,15-16H2. The van der Waals surface area contributed by atoms with Crippen LogP contribution in [0, 0.1) is 0 Å². The van der Waals surface area contributed by atoms with Gasteiger partial charge in [0.05, 0.1) is 0 Å². The van der Waals surface area contributed by atoms with Gasteiger partial charge in [-0.15, -0.1) is 0 Å². The van der Waals surface area contributed by atoms with Gasteiger partial charge in [0.15, 0.2) is 0 Å². The summed E-state index contributed by atoms with van der Waals surface area (Å²) in [5.74, 6) is 1.97. The van der Waals surface area contributed by atoms with Crippen molar-refractivity contribution >= 4 is 21.5 Å². The summed E-state index contributed by atoms with van der Waals surface area (Å²) in [5.41, 5.74) is 4.76. The molecular weight excluding hydrogens is 368 g/mol. The molecule has 2 heterocycles. The molecule has 0 bridgehead atoms. The molecule has 2 aliphatic heterocycles. The van der Waals surface area contributed by atoms with E-state index in [1.165, 1.54) is 32.7 Å². The lowest BCUT2D eigenvalue weighted by molar-refractivity contribution is 0.359. The molecule has 0 saturated heterocycles. The van der Waals surface area contributed by atoms with Gasteiger partial charge in [-0.3, -0.25) is 0 Å². The van der Waals surface area contributed by atoms with Gasteiger partial charge in [0.25, 0.3) is 0 Å². The molecule has 2 aliphatic rings.